The Hall–Kier alpha value is -3.30. The highest BCUT2D eigenvalue weighted by atomic mass is 16.5. The maximum absolute atomic E-state index is 12.9. The largest absolute Gasteiger partial charge is 0.457 e. The quantitative estimate of drug-likeness (QED) is 0.459. The van der Waals surface area contributed by atoms with Gasteiger partial charge in [-0.05, 0) is 76.2 Å². The summed E-state index contributed by atoms with van der Waals surface area (Å²) in [6, 6.07) is 6.18. The SMILES string of the molecule is CC=Cc1cc2cc(C(C)OC(=O)C3CCCN(C(=O)C(C)NC(=O)C(CC)NC)N3)ccc2cn1. The van der Waals surface area contributed by atoms with Gasteiger partial charge >= 0.3 is 5.97 Å². The van der Waals surface area contributed by atoms with E-state index in [1.807, 2.05) is 63.4 Å². The molecule has 2 aromatic rings. The van der Waals surface area contributed by atoms with Crippen LogP contribution in [0.1, 0.15) is 64.3 Å². The summed E-state index contributed by atoms with van der Waals surface area (Å²) in [6.07, 6.45) is 7.07. The summed E-state index contributed by atoms with van der Waals surface area (Å²) in [5.74, 6) is -0.936. The second kappa shape index (κ2) is 12.6. The Morgan fingerprint density at radius 3 is 2.72 bits per heavy atom. The first-order valence-corrected chi connectivity index (χ1v) is 12.5. The van der Waals surface area contributed by atoms with Crippen molar-refractivity contribution in [2.24, 2.45) is 0 Å². The van der Waals surface area contributed by atoms with Gasteiger partial charge in [0.25, 0.3) is 5.91 Å². The summed E-state index contributed by atoms with van der Waals surface area (Å²) >= 11 is 0. The van der Waals surface area contributed by atoms with Crippen LogP contribution in [0.5, 0.6) is 0 Å². The van der Waals surface area contributed by atoms with Crippen LogP contribution in [0.25, 0.3) is 16.8 Å². The van der Waals surface area contributed by atoms with Gasteiger partial charge in [-0.2, -0.15) is 0 Å². The Kier molecular flexibility index (Phi) is 9.55. The number of allylic oxidation sites excluding steroid dienone is 1. The van der Waals surface area contributed by atoms with E-state index in [1.165, 1.54) is 5.01 Å². The number of nitrogens with zero attached hydrogens (tertiary/aromatic N) is 2. The molecule has 1 aliphatic rings. The van der Waals surface area contributed by atoms with E-state index in [9.17, 15) is 14.4 Å². The number of hydrogen-bond acceptors (Lipinski definition) is 7. The molecule has 2 amide bonds. The van der Waals surface area contributed by atoms with Crippen LogP contribution < -0.4 is 16.1 Å². The van der Waals surface area contributed by atoms with E-state index in [-0.39, 0.29) is 17.9 Å². The summed E-state index contributed by atoms with van der Waals surface area (Å²) in [5, 5.41) is 9.11. The van der Waals surface area contributed by atoms with Gasteiger partial charge < -0.3 is 15.4 Å². The lowest BCUT2D eigenvalue weighted by molar-refractivity contribution is -0.157. The molecular weight excluding hydrogens is 458 g/mol. The number of hydrogen-bond donors (Lipinski definition) is 3. The molecule has 0 bridgehead atoms. The number of carbonyl (C=O) groups is 3. The third-order valence-electron chi connectivity index (χ3n) is 6.41. The van der Waals surface area contributed by atoms with Crippen molar-refractivity contribution < 1.29 is 19.1 Å². The maximum atomic E-state index is 12.9. The Bertz CT molecular complexity index is 1110. The van der Waals surface area contributed by atoms with Gasteiger partial charge in [-0.15, -0.1) is 0 Å². The minimum Gasteiger partial charge on any atom is -0.457 e. The van der Waals surface area contributed by atoms with Gasteiger partial charge in [-0.3, -0.25) is 24.4 Å². The Morgan fingerprint density at radius 1 is 1.25 bits per heavy atom. The number of fused-ring (bicyclic) bond motifs is 1. The predicted molar refractivity (Wildman–Crippen MR) is 140 cm³/mol. The molecule has 1 saturated heterocycles. The van der Waals surface area contributed by atoms with E-state index in [1.54, 1.807) is 14.0 Å². The monoisotopic (exact) mass is 495 g/mol. The van der Waals surface area contributed by atoms with Crippen molar-refractivity contribution >= 4 is 34.6 Å². The lowest BCUT2D eigenvalue weighted by atomic mass is 10.0. The molecular formula is C27H37N5O4. The highest BCUT2D eigenvalue weighted by molar-refractivity contribution is 5.89. The van der Waals surface area contributed by atoms with Crippen LogP contribution in [0.2, 0.25) is 0 Å². The van der Waals surface area contributed by atoms with E-state index in [0.29, 0.717) is 25.8 Å². The molecule has 4 atom stereocenters. The van der Waals surface area contributed by atoms with Crippen molar-refractivity contribution in [1.29, 1.82) is 0 Å². The molecule has 0 radical (unpaired) electrons. The Balaban J connectivity index is 1.61. The first kappa shape index (κ1) is 27.3. The number of esters is 1. The van der Waals surface area contributed by atoms with Gasteiger partial charge in [0.15, 0.2) is 0 Å². The third-order valence-corrected chi connectivity index (χ3v) is 6.41. The zero-order valence-electron chi connectivity index (χ0n) is 21.7. The molecule has 9 heteroatoms. The topological polar surface area (TPSA) is 113 Å². The zero-order valence-corrected chi connectivity index (χ0v) is 21.7. The number of pyridine rings is 1. The van der Waals surface area contributed by atoms with Gasteiger partial charge in [-0.25, -0.2) is 5.43 Å². The molecule has 36 heavy (non-hydrogen) atoms. The fourth-order valence-electron chi connectivity index (χ4n) is 4.26. The molecule has 3 N–H and O–H groups in total. The molecule has 0 saturated carbocycles. The summed E-state index contributed by atoms with van der Waals surface area (Å²) in [4.78, 5) is 42.6. The smallest absolute Gasteiger partial charge is 0.325 e. The van der Waals surface area contributed by atoms with Crippen LogP contribution in [-0.4, -0.2) is 59.5 Å². The second-order valence-electron chi connectivity index (χ2n) is 9.09. The zero-order chi connectivity index (χ0) is 26.2. The van der Waals surface area contributed by atoms with Gasteiger partial charge in [0.2, 0.25) is 5.91 Å². The Morgan fingerprint density at radius 2 is 2.03 bits per heavy atom. The molecule has 1 fully saturated rings. The Labute approximate surface area is 212 Å². The fraction of sp³-hybridized carbons (Fsp3) is 0.481. The second-order valence-corrected chi connectivity index (χ2v) is 9.09. The molecule has 1 aromatic carbocycles. The van der Waals surface area contributed by atoms with Crippen LogP contribution in [0, 0.1) is 0 Å². The molecule has 3 rings (SSSR count). The molecule has 0 spiro atoms. The minimum absolute atomic E-state index is 0.230. The summed E-state index contributed by atoms with van der Waals surface area (Å²) in [6.45, 7) is 7.77. The molecule has 0 aliphatic carbocycles. The number of rotatable bonds is 9. The number of likely N-dealkylation sites (N-methyl/N-ethyl adjacent to an activating group) is 1. The standard InChI is InChI=1S/C27H37N5O4/c1-6-9-22-15-21-14-19(11-12-20(21)16-29-22)18(4)36-27(35)24-10-8-13-32(31-24)26(34)17(3)30-25(33)23(7-2)28-5/h6,9,11-12,14-18,23-24,28,31H,7-8,10,13H2,1-5H3,(H,30,33). The molecule has 4 unspecified atom stereocenters. The van der Waals surface area contributed by atoms with Crippen molar-refractivity contribution in [3.05, 3.63) is 47.8 Å². The van der Waals surface area contributed by atoms with E-state index >= 15 is 0 Å². The molecule has 1 aliphatic heterocycles. The average molecular weight is 496 g/mol. The van der Waals surface area contributed by atoms with E-state index in [4.69, 9.17) is 4.74 Å². The lowest BCUT2D eigenvalue weighted by Gasteiger charge is -2.35. The average Bonchev–Trinajstić information content (AvgIpc) is 2.88. The van der Waals surface area contributed by atoms with Crippen molar-refractivity contribution in [3.8, 4) is 0 Å². The van der Waals surface area contributed by atoms with Crippen molar-refractivity contribution in [3.63, 3.8) is 0 Å². The normalized spacial score (nSPS) is 18.6. The highest BCUT2D eigenvalue weighted by Gasteiger charge is 2.32. The van der Waals surface area contributed by atoms with Crippen LogP contribution in [0.4, 0.5) is 0 Å². The molecule has 1 aromatic heterocycles. The molecule has 2 heterocycles. The molecule has 194 valence electrons. The summed E-state index contributed by atoms with van der Waals surface area (Å²) < 4.78 is 5.77. The number of hydrazine groups is 1. The first-order valence-electron chi connectivity index (χ1n) is 12.5. The van der Waals surface area contributed by atoms with Crippen molar-refractivity contribution in [2.75, 3.05) is 13.6 Å². The van der Waals surface area contributed by atoms with E-state index in [2.05, 4.69) is 21.0 Å². The predicted octanol–water partition coefficient (Wildman–Crippen LogP) is 2.87. The number of ether oxygens (including phenoxy) is 1. The summed E-state index contributed by atoms with van der Waals surface area (Å²) in [7, 11) is 1.71. The fourth-order valence-corrected chi connectivity index (χ4v) is 4.26. The number of benzene rings is 1. The maximum Gasteiger partial charge on any atom is 0.325 e. The number of aromatic nitrogens is 1. The van der Waals surface area contributed by atoms with Crippen LogP contribution in [-0.2, 0) is 19.1 Å². The van der Waals surface area contributed by atoms with Crippen molar-refractivity contribution in [1.82, 2.24) is 26.1 Å². The third kappa shape index (κ3) is 6.67. The number of amides is 2. The van der Waals surface area contributed by atoms with Gasteiger partial charge in [0.05, 0.1) is 11.7 Å². The van der Waals surface area contributed by atoms with E-state index < -0.39 is 24.2 Å². The van der Waals surface area contributed by atoms with Crippen LogP contribution in [0.15, 0.2) is 36.5 Å². The van der Waals surface area contributed by atoms with Crippen molar-refractivity contribution in [2.45, 2.75) is 71.2 Å². The number of nitrogens with one attached hydrogen (secondary N) is 3. The van der Waals surface area contributed by atoms with E-state index in [0.717, 1.165) is 22.0 Å². The first-order chi connectivity index (χ1) is 17.3. The lowest BCUT2D eigenvalue weighted by Crippen LogP contribution is -2.60. The van der Waals surface area contributed by atoms with Gasteiger partial charge in [-0.1, -0.05) is 25.1 Å². The highest BCUT2D eigenvalue weighted by Crippen LogP contribution is 2.24. The van der Waals surface area contributed by atoms with Crippen LogP contribution >= 0.6 is 0 Å². The summed E-state index contributed by atoms with van der Waals surface area (Å²) in [5.41, 5.74) is 4.74. The van der Waals surface area contributed by atoms with Gasteiger partial charge in [0.1, 0.15) is 18.2 Å². The minimum atomic E-state index is -0.722. The number of carbonyl (C=O) groups excluding carboxylic acids is 3. The molecule has 9 nitrogen and oxygen atoms in total. The van der Waals surface area contributed by atoms with Crippen LogP contribution in [0.3, 0.4) is 0 Å². The van der Waals surface area contributed by atoms with Gasteiger partial charge in [0, 0.05) is 18.1 Å².